The summed E-state index contributed by atoms with van der Waals surface area (Å²) in [7, 11) is 0. The molecular formula is C13H17NO. The van der Waals surface area contributed by atoms with Crippen molar-refractivity contribution in [1.82, 2.24) is 0 Å². The molecule has 1 heterocycles. The third kappa shape index (κ3) is 1.55. The van der Waals surface area contributed by atoms with Gasteiger partial charge in [-0.1, -0.05) is 32.0 Å². The van der Waals surface area contributed by atoms with Crippen molar-refractivity contribution in [1.29, 1.82) is 0 Å². The van der Waals surface area contributed by atoms with Crippen LogP contribution in [-0.2, 0) is 19.4 Å². The molecule has 0 radical (unpaired) electrons. The maximum absolute atomic E-state index is 5.84. The first-order valence-corrected chi connectivity index (χ1v) is 5.54. The van der Waals surface area contributed by atoms with E-state index >= 15 is 0 Å². The normalized spacial score (nSPS) is 11.1. The Hall–Kier alpha value is -1.28. The van der Waals surface area contributed by atoms with Gasteiger partial charge < -0.3 is 10.2 Å². The first-order chi connectivity index (χ1) is 7.31. The summed E-state index contributed by atoms with van der Waals surface area (Å²) in [6.45, 7) is 4.77. The molecular weight excluding hydrogens is 186 g/mol. The summed E-state index contributed by atoms with van der Waals surface area (Å²) in [5.41, 5.74) is 9.25. The van der Waals surface area contributed by atoms with E-state index in [1.54, 1.807) is 0 Å². The second-order valence-electron chi connectivity index (χ2n) is 3.71. The second-order valence-corrected chi connectivity index (χ2v) is 3.71. The van der Waals surface area contributed by atoms with E-state index in [2.05, 4.69) is 32.0 Å². The Morgan fingerprint density at radius 3 is 2.60 bits per heavy atom. The molecule has 0 aliphatic rings. The van der Waals surface area contributed by atoms with Gasteiger partial charge in [0, 0.05) is 10.9 Å². The van der Waals surface area contributed by atoms with Gasteiger partial charge in [0.15, 0.2) is 0 Å². The monoisotopic (exact) mass is 203 g/mol. The first-order valence-electron chi connectivity index (χ1n) is 5.54. The molecule has 0 unspecified atom stereocenters. The van der Waals surface area contributed by atoms with Crippen LogP contribution in [-0.4, -0.2) is 0 Å². The lowest BCUT2D eigenvalue weighted by Gasteiger charge is -1.97. The standard InChI is InChI=1S/C13H17NO/c1-3-9-6-5-7-11-10(4-2)12(8-14)15-13(9)11/h5-7H,3-4,8,14H2,1-2H3. The van der Waals surface area contributed by atoms with Crippen LogP contribution < -0.4 is 5.73 Å². The maximum Gasteiger partial charge on any atom is 0.137 e. The molecule has 0 aliphatic carbocycles. The molecule has 2 nitrogen and oxygen atoms in total. The van der Waals surface area contributed by atoms with Crippen LogP contribution in [0, 0.1) is 0 Å². The molecule has 80 valence electrons. The van der Waals surface area contributed by atoms with E-state index in [4.69, 9.17) is 10.2 Å². The summed E-state index contributed by atoms with van der Waals surface area (Å²) in [4.78, 5) is 0. The van der Waals surface area contributed by atoms with E-state index in [1.807, 2.05) is 0 Å². The van der Waals surface area contributed by atoms with Crippen LogP contribution in [0.4, 0.5) is 0 Å². The number of benzene rings is 1. The molecule has 1 aromatic carbocycles. The largest absolute Gasteiger partial charge is 0.459 e. The minimum Gasteiger partial charge on any atom is -0.459 e. The SMILES string of the molecule is CCc1c(CN)oc2c(CC)cccc12. The van der Waals surface area contributed by atoms with Gasteiger partial charge >= 0.3 is 0 Å². The zero-order chi connectivity index (χ0) is 10.8. The Morgan fingerprint density at radius 2 is 2.00 bits per heavy atom. The number of rotatable bonds is 3. The average Bonchev–Trinajstić information content (AvgIpc) is 2.66. The summed E-state index contributed by atoms with van der Waals surface area (Å²) in [5, 5.41) is 1.23. The number of aryl methyl sites for hydroxylation is 2. The van der Waals surface area contributed by atoms with Crippen molar-refractivity contribution >= 4 is 11.0 Å². The number of furan rings is 1. The molecule has 0 amide bonds. The topological polar surface area (TPSA) is 39.2 Å². The summed E-state index contributed by atoms with van der Waals surface area (Å²) >= 11 is 0. The van der Waals surface area contributed by atoms with Crippen LogP contribution in [0.2, 0.25) is 0 Å². The van der Waals surface area contributed by atoms with E-state index in [0.29, 0.717) is 6.54 Å². The summed E-state index contributed by atoms with van der Waals surface area (Å²) in [6.07, 6.45) is 1.98. The molecule has 2 heteroatoms. The molecule has 2 N–H and O–H groups in total. The van der Waals surface area contributed by atoms with Gasteiger partial charge in [-0.2, -0.15) is 0 Å². The van der Waals surface area contributed by atoms with Crippen molar-refractivity contribution in [2.45, 2.75) is 33.2 Å². The zero-order valence-corrected chi connectivity index (χ0v) is 9.34. The van der Waals surface area contributed by atoms with Gasteiger partial charge in [0.2, 0.25) is 0 Å². The molecule has 0 saturated heterocycles. The van der Waals surface area contributed by atoms with Gasteiger partial charge in [0.1, 0.15) is 11.3 Å². The van der Waals surface area contributed by atoms with Gasteiger partial charge in [0.25, 0.3) is 0 Å². The quantitative estimate of drug-likeness (QED) is 0.832. The fraction of sp³-hybridized carbons (Fsp3) is 0.385. The Bertz CT molecular complexity index is 471. The van der Waals surface area contributed by atoms with Crippen LogP contribution in [0.1, 0.15) is 30.7 Å². The Labute approximate surface area is 90.1 Å². The summed E-state index contributed by atoms with van der Waals surface area (Å²) < 4.78 is 5.84. The molecule has 15 heavy (non-hydrogen) atoms. The maximum atomic E-state index is 5.84. The van der Waals surface area contributed by atoms with Crippen molar-refractivity contribution in [3.05, 3.63) is 35.1 Å². The lowest BCUT2D eigenvalue weighted by atomic mass is 10.0. The van der Waals surface area contributed by atoms with Crippen LogP contribution in [0.15, 0.2) is 22.6 Å². The summed E-state index contributed by atoms with van der Waals surface area (Å²) in [5.74, 6) is 0.938. The number of para-hydroxylation sites is 1. The van der Waals surface area contributed by atoms with Crippen molar-refractivity contribution < 1.29 is 4.42 Å². The first kappa shape index (κ1) is 10.2. The molecule has 0 saturated carbocycles. The van der Waals surface area contributed by atoms with Crippen molar-refractivity contribution in [2.75, 3.05) is 0 Å². The predicted octanol–water partition coefficient (Wildman–Crippen LogP) is 3.02. The lowest BCUT2D eigenvalue weighted by Crippen LogP contribution is -1.97. The highest BCUT2D eigenvalue weighted by Gasteiger charge is 2.12. The number of nitrogens with two attached hydrogens (primary N) is 1. The van der Waals surface area contributed by atoms with Gasteiger partial charge in [0.05, 0.1) is 6.54 Å². The highest BCUT2D eigenvalue weighted by Crippen LogP contribution is 2.29. The fourth-order valence-electron chi connectivity index (χ4n) is 2.11. The molecule has 1 aromatic heterocycles. The van der Waals surface area contributed by atoms with Crippen molar-refractivity contribution in [3.8, 4) is 0 Å². The van der Waals surface area contributed by atoms with Crippen molar-refractivity contribution in [3.63, 3.8) is 0 Å². The summed E-state index contributed by atoms with van der Waals surface area (Å²) in [6, 6.07) is 6.33. The predicted molar refractivity (Wildman–Crippen MR) is 62.9 cm³/mol. The molecule has 2 rings (SSSR count). The van der Waals surface area contributed by atoms with E-state index in [0.717, 1.165) is 24.2 Å². The fourth-order valence-corrected chi connectivity index (χ4v) is 2.11. The van der Waals surface area contributed by atoms with Crippen LogP contribution in [0.25, 0.3) is 11.0 Å². The van der Waals surface area contributed by atoms with Gasteiger partial charge in [-0.3, -0.25) is 0 Å². The van der Waals surface area contributed by atoms with Crippen molar-refractivity contribution in [2.24, 2.45) is 5.73 Å². The minimum atomic E-state index is 0.487. The molecule has 0 aliphatic heterocycles. The van der Waals surface area contributed by atoms with Crippen LogP contribution in [0.5, 0.6) is 0 Å². The van der Waals surface area contributed by atoms with E-state index < -0.39 is 0 Å². The van der Waals surface area contributed by atoms with Gasteiger partial charge in [-0.25, -0.2) is 0 Å². The number of hydrogen-bond donors (Lipinski definition) is 1. The molecule has 0 bridgehead atoms. The molecule has 0 atom stereocenters. The number of hydrogen-bond acceptors (Lipinski definition) is 2. The third-order valence-corrected chi connectivity index (χ3v) is 2.90. The van der Waals surface area contributed by atoms with Crippen LogP contribution >= 0.6 is 0 Å². The number of fused-ring (bicyclic) bond motifs is 1. The van der Waals surface area contributed by atoms with Gasteiger partial charge in [-0.05, 0) is 18.4 Å². The average molecular weight is 203 g/mol. The molecule has 0 fully saturated rings. The van der Waals surface area contributed by atoms with Gasteiger partial charge in [-0.15, -0.1) is 0 Å². The Balaban J connectivity index is 2.75. The van der Waals surface area contributed by atoms with E-state index in [9.17, 15) is 0 Å². The van der Waals surface area contributed by atoms with Crippen LogP contribution in [0.3, 0.4) is 0 Å². The smallest absolute Gasteiger partial charge is 0.137 e. The third-order valence-electron chi connectivity index (χ3n) is 2.90. The molecule has 0 spiro atoms. The Morgan fingerprint density at radius 1 is 1.20 bits per heavy atom. The van der Waals surface area contributed by atoms with E-state index in [1.165, 1.54) is 16.5 Å². The highest BCUT2D eigenvalue weighted by atomic mass is 16.3. The second kappa shape index (κ2) is 4.07. The minimum absolute atomic E-state index is 0.487. The molecule has 2 aromatic rings. The Kier molecular flexibility index (Phi) is 2.78. The van der Waals surface area contributed by atoms with E-state index in [-0.39, 0.29) is 0 Å². The zero-order valence-electron chi connectivity index (χ0n) is 9.34. The highest BCUT2D eigenvalue weighted by molar-refractivity contribution is 5.85. The lowest BCUT2D eigenvalue weighted by molar-refractivity contribution is 0.543.